The first kappa shape index (κ1) is 13.7. The summed E-state index contributed by atoms with van der Waals surface area (Å²) in [5.74, 6) is 0.153. The van der Waals surface area contributed by atoms with Gasteiger partial charge in [0.1, 0.15) is 6.54 Å². The van der Waals surface area contributed by atoms with Gasteiger partial charge in [0.2, 0.25) is 5.91 Å². The summed E-state index contributed by atoms with van der Waals surface area (Å²) in [6, 6.07) is 5.23. The quantitative estimate of drug-likeness (QED) is 0.836. The van der Waals surface area contributed by atoms with Gasteiger partial charge >= 0.3 is 0 Å². The largest absolute Gasteiger partial charge is 0.352 e. The first-order valence-electron chi connectivity index (χ1n) is 7.98. The Labute approximate surface area is 120 Å². The molecule has 4 heteroatoms. The number of rotatable bonds is 6. The predicted octanol–water partition coefficient (Wildman–Crippen LogP) is 2.19. The third kappa shape index (κ3) is 3.85. The summed E-state index contributed by atoms with van der Waals surface area (Å²) in [4.78, 5) is 12.1. The van der Waals surface area contributed by atoms with Gasteiger partial charge < -0.3 is 15.2 Å². The fourth-order valence-corrected chi connectivity index (χ4v) is 2.98. The summed E-state index contributed by atoms with van der Waals surface area (Å²) in [5.41, 5.74) is 1.20. The molecule has 3 rings (SSSR count). The molecule has 1 aromatic rings. The van der Waals surface area contributed by atoms with E-state index in [1.54, 1.807) is 0 Å². The van der Waals surface area contributed by atoms with Crippen LogP contribution in [0.15, 0.2) is 18.3 Å². The molecule has 0 aromatic carbocycles. The monoisotopic (exact) mass is 275 g/mol. The molecule has 20 heavy (non-hydrogen) atoms. The van der Waals surface area contributed by atoms with E-state index in [0.29, 0.717) is 18.6 Å². The van der Waals surface area contributed by atoms with Crippen molar-refractivity contribution >= 4 is 5.91 Å². The minimum absolute atomic E-state index is 0.153. The van der Waals surface area contributed by atoms with Crippen LogP contribution in [0, 0.1) is 0 Å². The van der Waals surface area contributed by atoms with Crippen LogP contribution in [-0.2, 0) is 17.9 Å². The van der Waals surface area contributed by atoms with E-state index in [9.17, 15) is 4.79 Å². The summed E-state index contributed by atoms with van der Waals surface area (Å²) >= 11 is 0. The molecule has 2 aliphatic carbocycles. The van der Waals surface area contributed by atoms with Crippen molar-refractivity contribution in [2.75, 3.05) is 0 Å². The molecule has 0 bridgehead atoms. The van der Waals surface area contributed by atoms with Crippen molar-refractivity contribution in [2.45, 2.75) is 70.1 Å². The molecule has 0 unspecified atom stereocenters. The van der Waals surface area contributed by atoms with Crippen LogP contribution in [0.1, 0.15) is 50.6 Å². The van der Waals surface area contributed by atoms with Gasteiger partial charge in [-0.25, -0.2) is 0 Å². The van der Waals surface area contributed by atoms with Crippen molar-refractivity contribution in [3.63, 3.8) is 0 Å². The van der Waals surface area contributed by atoms with Crippen LogP contribution in [0.2, 0.25) is 0 Å². The zero-order chi connectivity index (χ0) is 13.8. The maximum absolute atomic E-state index is 12.1. The second-order valence-electron chi connectivity index (χ2n) is 6.19. The predicted molar refractivity (Wildman–Crippen MR) is 79.3 cm³/mol. The average molecular weight is 275 g/mol. The first-order chi connectivity index (χ1) is 9.81. The van der Waals surface area contributed by atoms with Crippen LogP contribution in [0.5, 0.6) is 0 Å². The van der Waals surface area contributed by atoms with E-state index in [4.69, 9.17) is 0 Å². The number of amides is 1. The lowest BCUT2D eigenvalue weighted by Gasteiger charge is -2.23. The Morgan fingerprint density at radius 3 is 2.70 bits per heavy atom. The van der Waals surface area contributed by atoms with Crippen molar-refractivity contribution in [3.05, 3.63) is 24.0 Å². The van der Waals surface area contributed by atoms with Gasteiger partial charge in [-0.05, 0) is 37.8 Å². The fraction of sp³-hybridized carbons (Fsp3) is 0.688. The molecule has 0 aliphatic heterocycles. The Morgan fingerprint density at radius 1 is 1.15 bits per heavy atom. The van der Waals surface area contributed by atoms with E-state index in [2.05, 4.69) is 21.3 Å². The van der Waals surface area contributed by atoms with Gasteiger partial charge in [-0.2, -0.15) is 0 Å². The summed E-state index contributed by atoms with van der Waals surface area (Å²) in [6.45, 7) is 1.32. The van der Waals surface area contributed by atoms with Gasteiger partial charge in [0, 0.05) is 30.5 Å². The Bertz CT molecular complexity index is 444. The van der Waals surface area contributed by atoms with E-state index in [0.717, 1.165) is 19.4 Å². The summed E-state index contributed by atoms with van der Waals surface area (Å²) in [6.07, 6.45) is 10.7. The molecule has 110 valence electrons. The summed E-state index contributed by atoms with van der Waals surface area (Å²) < 4.78 is 2.06. The molecular formula is C16H25N3O. The number of hydrogen-bond donors (Lipinski definition) is 2. The molecule has 0 radical (unpaired) electrons. The second kappa shape index (κ2) is 6.44. The molecule has 1 amide bonds. The zero-order valence-corrected chi connectivity index (χ0v) is 12.1. The molecule has 0 spiro atoms. The second-order valence-corrected chi connectivity index (χ2v) is 6.19. The Balaban J connectivity index is 1.48. The third-order valence-electron chi connectivity index (χ3n) is 4.36. The lowest BCUT2D eigenvalue weighted by molar-refractivity contribution is -0.122. The number of aromatic nitrogens is 1. The molecule has 1 heterocycles. The number of carbonyl (C=O) groups is 1. The molecule has 2 saturated carbocycles. The number of nitrogens with zero attached hydrogens (tertiary/aromatic N) is 1. The molecule has 2 fully saturated rings. The molecule has 2 aliphatic rings. The molecular weight excluding hydrogens is 250 g/mol. The highest BCUT2D eigenvalue weighted by atomic mass is 16.2. The number of carbonyl (C=O) groups excluding carboxylic acids is 1. The van der Waals surface area contributed by atoms with Crippen LogP contribution < -0.4 is 10.6 Å². The van der Waals surface area contributed by atoms with Crippen LogP contribution >= 0.6 is 0 Å². The maximum Gasteiger partial charge on any atom is 0.240 e. The van der Waals surface area contributed by atoms with E-state index < -0.39 is 0 Å². The number of nitrogens with one attached hydrogen (secondary N) is 2. The van der Waals surface area contributed by atoms with Crippen molar-refractivity contribution in [1.82, 2.24) is 15.2 Å². The van der Waals surface area contributed by atoms with Crippen LogP contribution in [0.25, 0.3) is 0 Å². The van der Waals surface area contributed by atoms with Gasteiger partial charge in [-0.1, -0.05) is 19.3 Å². The highest BCUT2D eigenvalue weighted by molar-refractivity contribution is 5.76. The van der Waals surface area contributed by atoms with Gasteiger partial charge in [-0.15, -0.1) is 0 Å². The number of hydrogen-bond acceptors (Lipinski definition) is 2. The molecule has 2 N–H and O–H groups in total. The SMILES string of the molecule is O=C(Cn1cccc1CNC1CC1)NC1CCCCC1. The van der Waals surface area contributed by atoms with Crippen molar-refractivity contribution < 1.29 is 4.79 Å². The molecule has 0 saturated heterocycles. The van der Waals surface area contributed by atoms with Crippen molar-refractivity contribution in [2.24, 2.45) is 0 Å². The summed E-state index contributed by atoms with van der Waals surface area (Å²) in [7, 11) is 0. The van der Waals surface area contributed by atoms with Gasteiger partial charge in [0.25, 0.3) is 0 Å². The smallest absolute Gasteiger partial charge is 0.240 e. The normalized spacial score (nSPS) is 20.0. The van der Waals surface area contributed by atoms with Gasteiger partial charge in [0.15, 0.2) is 0 Å². The molecule has 4 nitrogen and oxygen atoms in total. The summed E-state index contributed by atoms with van der Waals surface area (Å²) in [5, 5.41) is 6.68. The van der Waals surface area contributed by atoms with Gasteiger partial charge in [0.05, 0.1) is 0 Å². The highest BCUT2D eigenvalue weighted by Crippen LogP contribution is 2.19. The zero-order valence-electron chi connectivity index (χ0n) is 12.1. The van der Waals surface area contributed by atoms with E-state index >= 15 is 0 Å². The standard InChI is InChI=1S/C16H25N3O/c20-16(18-14-5-2-1-3-6-14)12-19-10-4-7-15(19)11-17-13-8-9-13/h4,7,10,13-14,17H,1-3,5-6,8-9,11-12H2,(H,18,20). The third-order valence-corrected chi connectivity index (χ3v) is 4.36. The van der Waals surface area contributed by atoms with Gasteiger partial charge in [-0.3, -0.25) is 4.79 Å². The van der Waals surface area contributed by atoms with Crippen molar-refractivity contribution in [3.8, 4) is 0 Å². The van der Waals surface area contributed by atoms with E-state index in [1.165, 1.54) is 37.8 Å². The van der Waals surface area contributed by atoms with E-state index in [1.807, 2.05) is 12.3 Å². The lowest BCUT2D eigenvalue weighted by atomic mass is 9.95. The maximum atomic E-state index is 12.1. The molecule has 0 atom stereocenters. The van der Waals surface area contributed by atoms with Crippen LogP contribution in [0.3, 0.4) is 0 Å². The lowest BCUT2D eigenvalue weighted by Crippen LogP contribution is -2.38. The Morgan fingerprint density at radius 2 is 1.95 bits per heavy atom. The topological polar surface area (TPSA) is 46.1 Å². The van der Waals surface area contributed by atoms with E-state index in [-0.39, 0.29) is 5.91 Å². The minimum atomic E-state index is 0.153. The van der Waals surface area contributed by atoms with Crippen LogP contribution in [0.4, 0.5) is 0 Å². The van der Waals surface area contributed by atoms with Crippen LogP contribution in [-0.4, -0.2) is 22.6 Å². The van der Waals surface area contributed by atoms with Crippen molar-refractivity contribution in [1.29, 1.82) is 0 Å². The highest BCUT2D eigenvalue weighted by Gasteiger charge is 2.21. The Kier molecular flexibility index (Phi) is 4.41. The minimum Gasteiger partial charge on any atom is -0.352 e. The fourth-order valence-electron chi connectivity index (χ4n) is 2.98. The molecule has 1 aromatic heterocycles. The first-order valence-corrected chi connectivity index (χ1v) is 7.98. The average Bonchev–Trinajstić information content (AvgIpc) is 3.18. The Hall–Kier alpha value is -1.29.